The van der Waals surface area contributed by atoms with Gasteiger partial charge in [-0.25, -0.2) is 0 Å². The first-order valence-corrected chi connectivity index (χ1v) is 3.58. The lowest BCUT2D eigenvalue weighted by molar-refractivity contribution is 0.824. The van der Waals surface area contributed by atoms with Crippen LogP contribution in [0.2, 0.25) is 0 Å². The van der Waals surface area contributed by atoms with Crippen molar-refractivity contribution in [3.05, 3.63) is 60.9 Å². The third kappa shape index (κ3) is 8.72. The summed E-state index contributed by atoms with van der Waals surface area (Å²) < 4.78 is 0. The Morgan fingerprint density at radius 2 is 0.846 bits per heavy atom. The number of hydrogen-bond acceptors (Lipinski definition) is 0. The van der Waals surface area contributed by atoms with Crippen LogP contribution in [0, 0.1) is 0 Å². The molecule has 2 rings (SSSR count). The highest BCUT2D eigenvalue weighted by atomic mass is 32.1. The van der Waals surface area contributed by atoms with Gasteiger partial charge in [0, 0.05) is 12.4 Å². The summed E-state index contributed by atoms with van der Waals surface area (Å²) in [5, 5.41) is 0. The van der Waals surface area contributed by atoms with Crippen LogP contribution in [0.5, 0.6) is 0 Å². The van der Waals surface area contributed by atoms with Crippen molar-refractivity contribution in [1.82, 2.24) is 4.98 Å². The standard InChI is InChI=1S/C6H6.C4H5N.H2O.H2S/c1-2-4-6-5-3-1;1-2-4-5-3-1;;/h1-6H;1-5H;2*1H2. The maximum Gasteiger partial charge on any atom is 0.000496 e. The van der Waals surface area contributed by atoms with Crippen LogP contribution in [-0.2, 0) is 0 Å². The van der Waals surface area contributed by atoms with Gasteiger partial charge in [0.05, 0.1) is 0 Å². The minimum absolute atomic E-state index is 0. The van der Waals surface area contributed by atoms with Crippen molar-refractivity contribution >= 4 is 13.5 Å². The van der Waals surface area contributed by atoms with E-state index in [0.717, 1.165) is 0 Å². The first kappa shape index (κ1) is 14.3. The molecule has 1 aromatic heterocycles. The van der Waals surface area contributed by atoms with Gasteiger partial charge in [-0.1, -0.05) is 36.4 Å². The summed E-state index contributed by atoms with van der Waals surface area (Å²) in [4.78, 5) is 2.86. The van der Waals surface area contributed by atoms with Gasteiger partial charge in [-0.3, -0.25) is 0 Å². The molecule has 0 atom stereocenters. The van der Waals surface area contributed by atoms with Crippen molar-refractivity contribution in [3.8, 4) is 0 Å². The lowest BCUT2D eigenvalue weighted by atomic mass is 10.4. The Kier molecular flexibility index (Phi) is 11.9. The van der Waals surface area contributed by atoms with Crippen LogP contribution in [0.4, 0.5) is 0 Å². The summed E-state index contributed by atoms with van der Waals surface area (Å²) in [6.07, 6.45) is 3.75. The van der Waals surface area contributed by atoms with E-state index in [2.05, 4.69) is 4.98 Å². The molecule has 2 nitrogen and oxygen atoms in total. The lowest BCUT2D eigenvalue weighted by Gasteiger charge is -1.69. The van der Waals surface area contributed by atoms with Crippen molar-refractivity contribution in [2.75, 3.05) is 0 Å². The molecule has 0 aliphatic heterocycles. The first-order valence-electron chi connectivity index (χ1n) is 3.58. The monoisotopic (exact) mass is 197 g/mol. The molecule has 0 aliphatic carbocycles. The first-order chi connectivity index (χ1) is 5.50. The van der Waals surface area contributed by atoms with E-state index in [4.69, 9.17) is 0 Å². The smallest absolute Gasteiger partial charge is 0.000496 e. The highest BCUT2D eigenvalue weighted by Crippen LogP contribution is 1.79. The van der Waals surface area contributed by atoms with Crippen LogP contribution in [0.25, 0.3) is 0 Å². The van der Waals surface area contributed by atoms with E-state index < -0.39 is 0 Å². The van der Waals surface area contributed by atoms with Crippen molar-refractivity contribution < 1.29 is 5.48 Å². The molecule has 1 aromatic carbocycles. The minimum atomic E-state index is 0. The third-order valence-electron chi connectivity index (χ3n) is 1.16. The van der Waals surface area contributed by atoms with Crippen LogP contribution in [0.3, 0.4) is 0 Å². The molecule has 13 heavy (non-hydrogen) atoms. The van der Waals surface area contributed by atoms with E-state index >= 15 is 0 Å². The van der Waals surface area contributed by atoms with Crippen LogP contribution in [-0.4, -0.2) is 10.5 Å². The summed E-state index contributed by atoms with van der Waals surface area (Å²) >= 11 is 0. The van der Waals surface area contributed by atoms with Crippen molar-refractivity contribution in [1.29, 1.82) is 0 Å². The average Bonchev–Trinajstić information content (AvgIpc) is 2.64. The van der Waals surface area contributed by atoms with Crippen molar-refractivity contribution in [2.24, 2.45) is 0 Å². The van der Waals surface area contributed by atoms with Gasteiger partial charge in [-0.2, -0.15) is 13.5 Å². The molecule has 0 aliphatic rings. The second kappa shape index (κ2) is 10.8. The molecule has 0 amide bonds. The molecular formula is C10H15NOS. The van der Waals surface area contributed by atoms with E-state index in [0.29, 0.717) is 0 Å². The number of rotatable bonds is 0. The Bertz CT molecular complexity index is 201. The maximum absolute atomic E-state index is 2.86. The SMILES string of the molecule is O.S.c1cc[nH]c1.c1ccccc1. The van der Waals surface area contributed by atoms with Gasteiger partial charge in [-0.15, -0.1) is 0 Å². The second-order valence-corrected chi connectivity index (χ2v) is 2.04. The predicted molar refractivity (Wildman–Crippen MR) is 61.2 cm³/mol. The Morgan fingerprint density at radius 3 is 1.00 bits per heavy atom. The number of hydrogen-bond donors (Lipinski definition) is 1. The molecule has 0 saturated carbocycles. The Hall–Kier alpha value is -1.19. The summed E-state index contributed by atoms with van der Waals surface area (Å²) in [6, 6.07) is 15.9. The summed E-state index contributed by atoms with van der Waals surface area (Å²) in [5.74, 6) is 0. The number of benzene rings is 1. The van der Waals surface area contributed by atoms with Gasteiger partial charge in [0.2, 0.25) is 0 Å². The van der Waals surface area contributed by atoms with E-state index in [-0.39, 0.29) is 19.0 Å². The van der Waals surface area contributed by atoms with Crippen LogP contribution >= 0.6 is 13.5 Å². The quantitative estimate of drug-likeness (QED) is 0.671. The zero-order chi connectivity index (χ0) is 7.78. The molecule has 72 valence electrons. The number of H-pyrrole nitrogens is 1. The topological polar surface area (TPSA) is 47.3 Å². The third-order valence-corrected chi connectivity index (χ3v) is 1.16. The Morgan fingerprint density at radius 1 is 0.538 bits per heavy atom. The Labute approximate surface area is 85.4 Å². The minimum Gasteiger partial charge on any atom is -0.412 e. The number of aromatic nitrogens is 1. The predicted octanol–water partition coefficient (Wildman–Crippen LogP) is 1.99. The van der Waals surface area contributed by atoms with E-state index in [1.54, 1.807) is 0 Å². The van der Waals surface area contributed by atoms with Gasteiger partial charge >= 0.3 is 0 Å². The van der Waals surface area contributed by atoms with Gasteiger partial charge in [0.25, 0.3) is 0 Å². The molecule has 1 heterocycles. The maximum atomic E-state index is 2.86. The fourth-order valence-corrected chi connectivity index (χ4v) is 0.663. The lowest BCUT2D eigenvalue weighted by Crippen LogP contribution is -1.47. The number of aromatic amines is 1. The van der Waals surface area contributed by atoms with Gasteiger partial charge in [0.1, 0.15) is 0 Å². The fourth-order valence-electron chi connectivity index (χ4n) is 0.663. The molecule has 0 saturated heterocycles. The highest BCUT2D eigenvalue weighted by Gasteiger charge is 1.58. The summed E-state index contributed by atoms with van der Waals surface area (Å²) in [6.45, 7) is 0. The molecular weight excluding hydrogens is 182 g/mol. The van der Waals surface area contributed by atoms with Crippen LogP contribution in [0.1, 0.15) is 0 Å². The van der Waals surface area contributed by atoms with Gasteiger partial charge in [0.15, 0.2) is 0 Å². The molecule has 0 radical (unpaired) electrons. The molecule has 0 fully saturated rings. The molecule has 3 heteroatoms. The number of nitrogens with one attached hydrogen (secondary N) is 1. The van der Waals surface area contributed by atoms with E-state index in [9.17, 15) is 0 Å². The van der Waals surface area contributed by atoms with Crippen molar-refractivity contribution in [3.63, 3.8) is 0 Å². The van der Waals surface area contributed by atoms with Crippen LogP contribution < -0.4 is 0 Å². The largest absolute Gasteiger partial charge is 0.412 e. The average molecular weight is 197 g/mol. The molecule has 0 unspecified atom stereocenters. The molecule has 2 aromatic rings. The summed E-state index contributed by atoms with van der Waals surface area (Å²) in [7, 11) is 0. The Balaban J connectivity index is 0. The van der Waals surface area contributed by atoms with Gasteiger partial charge < -0.3 is 10.5 Å². The fraction of sp³-hybridized carbons (Fsp3) is 0. The van der Waals surface area contributed by atoms with Crippen molar-refractivity contribution in [2.45, 2.75) is 0 Å². The van der Waals surface area contributed by atoms with E-state index in [1.807, 2.05) is 60.9 Å². The van der Waals surface area contributed by atoms with E-state index in [1.165, 1.54) is 0 Å². The van der Waals surface area contributed by atoms with Gasteiger partial charge in [-0.05, 0) is 12.1 Å². The highest BCUT2D eigenvalue weighted by molar-refractivity contribution is 7.59. The normalized spacial score (nSPS) is 6.77. The molecule has 0 bridgehead atoms. The summed E-state index contributed by atoms with van der Waals surface area (Å²) in [5.41, 5.74) is 0. The zero-order valence-corrected chi connectivity index (χ0v) is 8.27. The second-order valence-electron chi connectivity index (χ2n) is 2.04. The molecule has 3 N–H and O–H groups in total. The zero-order valence-electron chi connectivity index (χ0n) is 7.27. The van der Waals surface area contributed by atoms with Crippen LogP contribution in [0.15, 0.2) is 60.9 Å². The molecule has 0 spiro atoms.